The molecule has 3 rings (SSSR count). The van der Waals surface area contributed by atoms with E-state index in [4.69, 9.17) is 9.26 Å². The van der Waals surface area contributed by atoms with Crippen LogP contribution in [-0.2, 0) is 0 Å². The molecule has 1 aromatic carbocycles. The van der Waals surface area contributed by atoms with Gasteiger partial charge in [0.15, 0.2) is 5.82 Å². The van der Waals surface area contributed by atoms with Gasteiger partial charge in [0.2, 0.25) is 5.89 Å². The van der Waals surface area contributed by atoms with Crippen LogP contribution in [-0.4, -0.2) is 48.3 Å². The molecule has 0 N–H and O–H groups in total. The second-order valence-electron chi connectivity index (χ2n) is 5.55. The Morgan fingerprint density at radius 1 is 1.18 bits per heavy atom. The predicted molar refractivity (Wildman–Crippen MR) is 84.2 cm³/mol. The maximum absolute atomic E-state index is 5.46. The molecule has 22 heavy (non-hydrogen) atoms. The number of methoxy groups -OCH3 is 1. The molecule has 0 saturated carbocycles. The van der Waals surface area contributed by atoms with E-state index in [2.05, 4.69) is 32.9 Å². The number of rotatable bonds is 4. The Morgan fingerprint density at radius 3 is 2.55 bits per heavy atom. The normalized spacial score (nSPS) is 17.5. The van der Waals surface area contributed by atoms with Gasteiger partial charge in [-0.05, 0) is 26.0 Å². The lowest BCUT2D eigenvalue weighted by Crippen LogP contribution is -2.47. The molecule has 0 radical (unpaired) electrons. The SMILES string of the molecule is COc1ccccc1N1CCN([C@@H](C)c2nc(C)no2)CC1. The summed E-state index contributed by atoms with van der Waals surface area (Å²) < 4.78 is 10.7. The molecule has 1 aromatic heterocycles. The number of hydrogen-bond acceptors (Lipinski definition) is 6. The highest BCUT2D eigenvalue weighted by molar-refractivity contribution is 5.58. The van der Waals surface area contributed by atoms with Gasteiger partial charge in [0.1, 0.15) is 5.75 Å². The van der Waals surface area contributed by atoms with Crippen molar-refractivity contribution in [3.63, 3.8) is 0 Å². The van der Waals surface area contributed by atoms with E-state index >= 15 is 0 Å². The van der Waals surface area contributed by atoms with Crippen LogP contribution < -0.4 is 9.64 Å². The second-order valence-corrected chi connectivity index (χ2v) is 5.55. The number of benzene rings is 1. The number of nitrogens with zero attached hydrogens (tertiary/aromatic N) is 4. The molecule has 1 aliphatic heterocycles. The minimum atomic E-state index is 0.154. The Kier molecular flexibility index (Phi) is 4.29. The van der Waals surface area contributed by atoms with Crippen molar-refractivity contribution >= 4 is 5.69 Å². The zero-order valence-corrected chi connectivity index (χ0v) is 13.3. The van der Waals surface area contributed by atoms with E-state index in [1.807, 2.05) is 25.1 Å². The van der Waals surface area contributed by atoms with Crippen molar-refractivity contribution in [2.75, 3.05) is 38.2 Å². The van der Waals surface area contributed by atoms with E-state index in [9.17, 15) is 0 Å². The van der Waals surface area contributed by atoms with Gasteiger partial charge in [-0.15, -0.1) is 0 Å². The summed E-state index contributed by atoms with van der Waals surface area (Å²) in [6.07, 6.45) is 0. The summed E-state index contributed by atoms with van der Waals surface area (Å²) in [5.74, 6) is 2.31. The molecule has 0 amide bonds. The van der Waals surface area contributed by atoms with Crippen LogP contribution in [0.5, 0.6) is 5.75 Å². The van der Waals surface area contributed by atoms with E-state index in [0.717, 1.165) is 37.6 Å². The molecule has 2 aromatic rings. The minimum absolute atomic E-state index is 0.154. The summed E-state index contributed by atoms with van der Waals surface area (Å²) in [6, 6.07) is 8.32. The van der Waals surface area contributed by atoms with Crippen molar-refractivity contribution in [3.8, 4) is 5.75 Å². The molecule has 2 heterocycles. The van der Waals surface area contributed by atoms with Crippen molar-refractivity contribution in [2.24, 2.45) is 0 Å². The molecule has 0 bridgehead atoms. The summed E-state index contributed by atoms with van der Waals surface area (Å²) in [7, 11) is 1.72. The van der Waals surface area contributed by atoms with Crippen molar-refractivity contribution in [3.05, 3.63) is 36.0 Å². The third kappa shape index (κ3) is 2.92. The summed E-state index contributed by atoms with van der Waals surface area (Å²) in [5.41, 5.74) is 1.16. The van der Waals surface area contributed by atoms with Crippen LogP contribution in [0.1, 0.15) is 24.7 Å². The summed E-state index contributed by atoms with van der Waals surface area (Å²) in [5, 5.41) is 3.88. The lowest BCUT2D eigenvalue weighted by molar-refractivity contribution is 0.164. The Morgan fingerprint density at radius 2 is 1.91 bits per heavy atom. The van der Waals surface area contributed by atoms with Gasteiger partial charge >= 0.3 is 0 Å². The zero-order chi connectivity index (χ0) is 15.5. The van der Waals surface area contributed by atoms with E-state index in [0.29, 0.717) is 11.7 Å². The quantitative estimate of drug-likeness (QED) is 0.863. The topological polar surface area (TPSA) is 54.6 Å². The fourth-order valence-corrected chi connectivity index (χ4v) is 2.88. The average Bonchev–Trinajstić information content (AvgIpc) is 3.01. The lowest BCUT2D eigenvalue weighted by Gasteiger charge is -2.38. The van der Waals surface area contributed by atoms with E-state index < -0.39 is 0 Å². The Bertz CT molecular complexity index is 620. The van der Waals surface area contributed by atoms with Crippen LogP contribution >= 0.6 is 0 Å². The molecule has 1 saturated heterocycles. The first-order chi connectivity index (χ1) is 10.7. The van der Waals surface area contributed by atoms with Crippen molar-refractivity contribution in [2.45, 2.75) is 19.9 Å². The van der Waals surface area contributed by atoms with E-state index in [-0.39, 0.29) is 6.04 Å². The highest BCUT2D eigenvalue weighted by atomic mass is 16.5. The van der Waals surface area contributed by atoms with E-state index in [1.165, 1.54) is 0 Å². The molecule has 118 valence electrons. The molecular weight excluding hydrogens is 280 g/mol. The Labute approximate surface area is 130 Å². The van der Waals surface area contributed by atoms with Gasteiger partial charge in [0, 0.05) is 26.2 Å². The number of ether oxygens (including phenoxy) is 1. The van der Waals surface area contributed by atoms with Gasteiger partial charge in [0.05, 0.1) is 18.8 Å². The fraction of sp³-hybridized carbons (Fsp3) is 0.500. The molecule has 6 heteroatoms. The van der Waals surface area contributed by atoms with Crippen LogP contribution in [0.15, 0.2) is 28.8 Å². The molecule has 1 aliphatic rings. The monoisotopic (exact) mass is 302 g/mol. The summed E-state index contributed by atoms with van der Waals surface area (Å²) in [4.78, 5) is 9.07. The lowest BCUT2D eigenvalue weighted by atomic mass is 10.2. The van der Waals surface area contributed by atoms with Gasteiger partial charge in [0.25, 0.3) is 0 Å². The van der Waals surface area contributed by atoms with Crippen LogP contribution in [0.4, 0.5) is 5.69 Å². The number of para-hydroxylation sites is 2. The highest BCUT2D eigenvalue weighted by Gasteiger charge is 2.26. The van der Waals surface area contributed by atoms with Gasteiger partial charge in [-0.2, -0.15) is 4.98 Å². The maximum Gasteiger partial charge on any atom is 0.243 e. The largest absolute Gasteiger partial charge is 0.495 e. The predicted octanol–water partition coefficient (Wildman–Crippen LogP) is 2.27. The first-order valence-electron chi connectivity index (χ1n) is 7.61. The molecule has 6 nitrogen and oxygen atoms in total. The molecule has 0 aliphatic carbocycles. The number of aromatic nitrogens is 2. The van der Waals surface area contributed by atoms with Gasteiger partial charge in [-0.25, -0.2) is 0 Å². The summed E-state index contributed by atoms with van der Waals surface area (Å²) in [6.45, 7) is 7.79. The van der Waals surface area contributed by atoms with Gasteiger partial charge in [-0.3, -0.25) is 4.90 Å². The van der Waals surface area contributed by atoms with Crippen molar-refractivity contribution < 1.29 is 9.26 Å². The van der Waals surface area contributed by atoms with Crippen LogP contribution in [0.3, 0.4) is 0 Å². The third-order valence-electron chi connectivity index (χ3n) is 4.19. The molecule has 1 fully saturated rings. The van der Waals surface area contributed by atoms with Crippen molar-refractivity contribution in [1.29, 1.82) is 0 Å². The molecule has 0 spiro atoms. The maximum atomic E-state index is 5.46. The third-order valence-corrected chi connectivity index (χ3v) is 4.19. The van der Waals surface area contributed by atoms with Gasteiger partial charge < -0.3 is 14.2 Å². The average molecular weight is 302 g/mol. The van der Waals surface area contributed by atoms with Crippen LogP contribution in [0.25, 0.3) is 0 Å². The zero-order valence-electron chi connectivity index (χ0n) is 13.3. The number of piperazine rings is 1. The first kappa shape index (κ1) is 14.8. The summed E-state index contributed by atoms with van der Waals surface area (Å²) >= 11 is 0. The minimum Gasteiger partial charge on any atom is -0.495 e. The number of hydrogen-bond donors (Lipinski definition) is 0. The van der Waals surface area contributed by atoms with Crippen LogP contribution in [0, 0.1) is 6.92 Å². The fourth-order valence-electron chi connectivity index (χ4n) is 2.88. The molecular formula is C16H22N4O2. The highest BCUT2D eigenvalue weighted by Crippen LogP contribution is 2.29. The van der Waals surface area contributed by atoms with Gasteiger partial charge in [-0.1, -0.05) is 17.3 Å². The van der Waals surface area contributed by atoms with Crippen molar-refractivity contribution in [1.82, 2.24) is 15.0 Å². The second kappa shape index (κ2) is 6.36. The first-order valence-corrected chi connectivity index (χ1v) is 7.61. The standard InChI is InChI=1S/C16H22N4O2/c1-12(16-17-13(2)18-22-16)19-8-10-20(11-9-19)14-6-4-5-7-15(14)21-3/h4-7,12H,8-11H2,1-3H3/t12-/m0/s1. The van der Waals surface area contributed by atoms with E-state index in [1.54, 1.807) is 7.11 Å². The number of anilines is 1. The Balaban J connectivity index is 1.65. The Hall–Kier alpha value is -2.08. The molecule has 0 unspecified atom stereocenters. The number of aryl methyl sites for hydroxylation is 1. The smallest absolute Gasteiger partial charge is 0.243 e. The molecule has 1 atom stereocenters. The van der Waals surface area contributed by atoms with Crippen LogP contribution in [0.2, 0.25) is 0 Å².